The van der Waals surface area contributed by atoms with Crippen LogP contribution >= 0.6 is 0 Å². The number of carbonyl (C=O) groups is 1. The number of hydrogen-bond donors (Lipinski definition) is 1. The van der Waals surface area contributed by atoms with Gasteiger partial charge in [-0.15, -0.1) is 5.11 Å². The third kappa shape index (κ3) is 6.47. The van der Waals surface area contributed by atoms with Gasteiger partial charge in [0, 0.05) is 44.0 Å². The Kier molecular flexibility index (Phi) is 8.19. The maximum atomic E-state index is 12.0. The first-order chi connectivity index (χ1) is 16.0. The van der Waals surface area contributed by atoms with E-state index in [0.717, 1.165) is 37.1 Å². The van der Waals surface area contributed by atoms with Gasteiger partial charge in [-0.3, -0.25) is 0 Å². The molecule has 1 aromatic rings. The molecule has 11 heteroatoms. The summed E-state index contributed by atoms with van der Waals surface area (Å²) in [7, 11) is -3.24. The highest BCUT2D eigenvalue weighted by atomic mass is 32.2. The van der Waals surface area contributed by atoms with Crippen molar-refractivity contribution in [1.29, 1.82) is 0 Å². The number of amides is 1. The van der Waals surface area contributed by atoms with Gasteiger partial charge in [0.2, 0.25) is 0 Å². The number of likely N-dealkylation sites (tertiary alicyclic amines) is 1. The molecule has 2 aliphatic heterocycles. The predicted molar refractivity (Wildman–Crippen MR) is 131 cm³/mol. The minimum atomic E-state index is -3.24. The Labute approximate surface area is 202 Å². The number of ether oxygens (including phenoxy) is 1. The number of aryl methyl sites for hydroxylation is 1. The molecule has 0 saturated carbocycles. The van der Waals surface area contributed by atoms with Crippen LogP contribution in [0, 0.1) is 12.8 Å². The molecular weight excluding hydrogens is 456 g/mol. The van der Waals surface area contributed by atoms with Gasteiger partial charge in [0.05, 0.1) is 22.7 Å². The van der Waals surface area contributed by atoms with Gasteiger partial charge in [-0.25, -0.2) is 24.2 Å². The van der Waals surface area contributed by atoms with Crippen molar-refractivity contribution in [1.82, 2.24) is 10.0 Å². The zero-order valence-corrected chi connectivity index (χ0v) is 21.3. The highest BCUT2D eigenvalue weighted by Gasteiger charge is 2.29. The van der Waals surface area contributed by atoms with E-state index >= 15 is 0 Å². The van der Waals surface area contributed by atoms with Gasteiger partial charge in [0.1, 0.15) is 0 Å². The number of piperidine rings is 1. The third-order valence-corrected chi connectivity index (χ3v) is 7.42. The number of hydrazine groups is 1. The summed E-state index contributed by atoms with van der Waals surface area (Å²) in [4.78, 5) is 16.3. The van der Waals surface area contributed by atoms with Crippen LogP contribution in [0.2, 0.25) is 0 Å². The van der Waals surface area contributed by atoms with Gasteiger partial charge in [-0.05, 0) is 63.8 Å². The molecule has 188 valence electrons. The first-order valence-electron chi connectivity index (χ1n) is 11.6. The van der Waals surface area contributed by atoms with Gasteiger partial charge in [-0.1, -0.05) is 11.8 Å². The van der Waals surface area contributed by atoms with E-state index in [-0.39, 0.29) is 24.2 Å². The van der Waals surface area contributed by atoms with Crippen molar-refractivity contribution < 1.29 is 17.9 Å². The minimum absolute atomic E-state index is 0.0156. The lowest BCUT2D eigenvalue weighted by Gasteiger charge is -2.31. The Bertz CT molecular complexity index is 1030. The van der Waals surface area contributed by atoms with Crippen LogP contribution in [0.3, 0.4) is 0 Å². The molecule has 34 heavy (non-hydrogen) atoms. The van der Waals surface area contributed by atoms with Gasteiger partial charge in [-0.2, -0.15) is 0 Å². The number of sulfone groups is 1. The zero-order valence-electron chi connectivity index (χ0n) is 20.5. The molecule has 1 amide bonds. The summed E-state index contributed by atoms with van der Waals surface area (Å²) >= 11 is 0. The summed E-state index contributed by atoms with van der Waals surface area (Å²) in [5, 5.41) is 9.86. The van der Waals surface area contributed by atoms with Crippen LogP contribution in [-0.4, -0.2) is 69.1 Å². The summed E-state index contributed by atoms with van der Waals surface area (Å²) in [5.41, 5.74) is 2.56. The van der Waals surface area contributed by atoms with E-state index in [1.54, 1.807) is 17.0 Å². The van der Waals surface area contributed by atoms with Gasteiger partial charge in [0.15, 0.2) is 9.84 Å². The maximum absolute atomic E-state index is 12.0. The van der Waals surface area contributed by atoms with E-state index in [1.807, 2.05) is 26.8 Å². The van der Waals surface area contributed by atoms with E-state index < -0.39 is 9.84 Å². The Hall–Kier alpha value is -2.66. The molecule has 2 fully saturated rings. The predicted octanol–water partition coefficient (Wildman–Crippen LogP) is 3.29. The molecule has 0 unspecified atom stereocenters. The summed E-state index contributed by atoms with van der Waals surface area (Å²) in [6.07, 6.45) is 3.13. The molecule has 0 bridgehead atoms. The van der Waals surface area contributed by atoms with Crippen LogP contribution in [0.5, 0.6) is 0 Å². The van der Waals surface area contributed by atoms with Crippen LogP contribution in [0.1, 0.15) is 38.7 Å². The monoisotopic (exact) mass is 492 g/mol. The molecule has 10 nitrogen and oxygen atoms in total. The molecule has 2 N–H and O–H groups in total. The second kappa shape index (κ2) is 10.7. The lowest BCUT2D eigenvalue weighted by Crippen LogP contribution is -2.40. The number of nitrogens with two attached hydrogens (primary N) is 1. The van der Waals surface area contributed by atoms with Crippen LogP contribution in [-0.2, 0) is 14.6 Å². The summed E-state index contributed by atoms with van der Waals surface area (Å²) in [6.45, 7) is 12.3. The lowest BCUT2D eigenvalue weighted by atomic mass is 9.95. The molecule has 0 radical (unpaired) electrons. The van der Waals surface area contributed by atoms with Crippen LogP contribution in [0.15, 0.2) is 45.7 Å². The lowest BCUT2D eigenvalue weighted by molar-refractivity contribution is 0.0671. The average molecular weight is 493 g/mol. The van der Waals surface area contributed by atoms with Gasteiger partial charge < -0.3 is 14.5 Å². The largest absolute Gasteiger partial charge is 0.447 e. The molecule has 0 aliphatic carbocycles. The minimum Gasteiger partial charge on any atom is -0.447 e. The van der Waals surface area contributed by atoms with Crippen molar-refractivity contribution in [2.45, 2.75) is 57.1 Å². The first-order valence-corrected chi connectivity index (χ1v) is 13.5. The number of anilines is 1. The molecule has 2 aliphatic rings. The quantitative estimate of drug-likeness (QED) is 0.352. The SMILES string of the molecule is C=C(/N=N\N(N)[C@H]1CCN(c2ccc(S(C)(=O)=O)cc2C)C1)C1CCN(C(=O)OC(C)C)CC1. The Morgan fingerprint density at radius 3 is 2.50 bits per heavy atom. The van der Waals surface area contributed by atoms with E-state index in [4.69, 9.17) is 10.6 Å². The number of allylic oxidation sites excluding steroid dienone is 1. The molecule has 0 spiro atoms. The Morgan fingerprint density at radius 2 is 1.91 bits per heavy atom. The Balaban J connectivity index is 1.51. The zero-order chi connectivity index (χ0) is 25.0. The fourth-order valence-electron chi connectivity index (χ4n) is 4.33. The van der Waals surface area contributed by atoms with Gasteiger partial charge >= 0.3 is 6.09 Å². The highest BCUT2D eigenvalue weighted by molar-refractivity contribution is 7.90. The normalized spacial score (nSPS) is 19.8. The number of hydrogen-bond acceptors (Lipinski definition) is 8. The second-order valence-corrected chi connectivity index (χ2v) is 11.4. The molecule has 1 aromatic carbocycles. The fourth-order valence-corrected chi connectivity index (χ4v) is 5.03. The number of benzene rings is 1. The van der Waals surface area contributed by atoms with E-state index in [0.29, 0.717) is 30.2 Å². The van der Waals surface area contributed by atoms with Crippen LogP contribution in [0.4, 0.5) is 10.5 Å². The van der Waals surface area contributed by atoms with Crippen molar-refractivity contribution in [3.05, 3.63) is 36.0 Å². The van der Waals surface area contributed by atoms with Crippen molar-refractivity contribution in [3.63, 3.8) is 0 Å². The van der Waals surface area contributed by atoms with E-state index in [9.17, 15) is 13.2 Å². The number of carbonyl (C=O) groups excluding carboxylic acids is 1. The van der Waals surface area contributed by atoms with E-state index in [1.165, 1.54) is 11.4 Å². The molecule has 1 atom stereocenters. The van der Waals surface area contributed by atoms with E-state index in [2.05, 4.69) is 21.8 Å². The smallest absolute Gasteiger partial charge is 0.410 e. The van der Waals surface area contributed by atoms with Crippen LogP contribution in [0.25, 0.3) is 0 Å². The maximum Gasteiger partial charge on any atom is 0.410 e. The van der Waals surface area contributed by atoms with Crippen LogP contribution < -0.4 is 10.7 Å². The molecule has 0 aromatic heterocycles. The fraction of sp³-hybridized carbons (Fsp3) is 0.609. The van der Waals surface area contributed by atoms with Crippen molar-refractivity contribution >= 4 is 21.6 Å². The molecular formula is C23H36N6O4S. The summed E-state index contributed by atoms with van der Waals surface area (Å²) in [5.74, 6) is 6.33. The second-order valence-electron chi connectivity index (χ2n) is 9.36. The number of nitrogens with zero attached hydrogens (tertiary/aromatic N) is 5. The highest BCUT2D eigenvalue weighted by Crippen LogP contribution is 2.29. The topological polar surface area (TPSA) is 121 Å². The average Bonchev–Trinajstić information content (AvgIpc) is 3.26. The third-order valence-electron chi connectivity index (χ3n) is 6.31. The van der Waals surface area contributed by atoms with Crippen molar-refractivity contribution in [2.24, 2.45) is 22.1 Å². The summed E-state index contributed by atoms with van der Waals surface area (Å²) < 4.78 is 28.8. The summed E-state index contributed by atoms with van der Waals surface area (Å²) in [6, 6.07) is 5.18. The standard InChI is InChI=1S/C23H36N6O4S/c1-16(2)33-23(30)27-11-8-19(9-12-27)18(4)25-26-29(24)20-10-13-28(15-20)22-7-6-21(14-17(22)3)34(5,31)32/h6-7,14,16,19-20H,4,8-13,15,24H2,1-3,5H3/b26-25-/t20-/m0/s1. The molecule has 2 heterocycles. The van der Waals surface area contributed by atoms with Crippen molar-refractivity contribution in [3.8, 4) is 0 Å². The van der Waals surface area contributed by atoms with Crippen molar-refractivity contribution in [2.75, 3.05) is 37.3 Å². The number of rotatable bonds is 7. The first kappa shape index (κ1) is 26.0. The Morgan fingerprint density at radius 1 is 1.24 bits per heavy atom. The van der Waals surface area contributed by atoms with Gasteiger partial charge in [0.25, 0.3) is 0 Å². The molecule has 2 saturated heterocycles. The molecule has 3 rings (SSSR count).